The minimum atomic E-state index is -0.125. The Morgan fingerprint density at radius 3 is 1.91 bits per heavy atom. The molecule has 0 saturated carbocycles. The van der Waals surface area contributed by atoms with Crippen molar-refractivity contribution in [2.45, 2.75) is 53.5 Å². The molecule has 0 aliphatic rings. The lowest BCUT2D eigenvalue weighted by Crippen LogP contribution is -2.43. The van der Waals surface area contributed by atoms with E-state index in [2.05, 4.69) is 39.9 Å². The lowest BCUT2D eigenvalue weighted by molar-refractivity contribution is -0.127. The molecule has 0 aromatic heterocycles. The topological polar surface area (TPSA) is 56.8 Å². The third-order valence-corrected chi connectivity index (χ3v) is 2.78. The number of carbonyl (C=O) groups excluding carboxylic acids is 1. The summed E-state index contributed by atoms with van der Waals surface area (Å²) in [7, 11) is 0. The first-order valence-electron chi connectivity index (χ1n) is 8.48. The van der Waals surface area contributed by atoms with Crippen LogP contribution in [-0.4, -0.2) is 51.6 Å². The predicted molar refractivity (Wildman–Crippen MR) is 89.0 cm³/mol. The maximum Gasteiger partial charge on any atom is 0.246 e. The lowest BCUT2D eigenvalue weighted by atomic mass is 10.2. The molecule has 132 valence electrons. The molecule has 5 heteroatoms. The van der Waals surface area contributed by atoms with Gasteiger partial charge in [-0.05, 0) is 18.3 Å². The first-order chi connectivity index (χ1) is 10.5. The molecule has 1 N–H and O–H groups in total. The van der Waals surface area contributed by atoms with Gasteiger partial charge in [-0.25, -0.2) is 0 Å². The molecule has 0 radical (unpaired) electrons. The van der Waals surface area contributed by atoms with Crippen molar-refractivity contribution in [1.82, 2.24) is 5.32 Å². The normalized spacial score (nSPS) is 11.6. The second-order valence-corrected chi connectivity index (χ2v) is 6.53. The highest BCUT2D eigenvalue weighted by molar-refractivity contribution is 5.77. The first kappa shape index (κ1) is 21.4. The van der Waals surface area contributed by atoms with Crippen LogP contribution in [0.15, 0.2) is 0 Å². The van der Waals surface area contributed by atoms with Gasteiger partial charge in [0.15, 0.2) is 0 Å². The largest absolute Gasteiger partial charge is 0.379 e. The van der Waals surface area contributed by atoms with E-state index in [4.69, 9.17) is 14.2 Å². The number of hydrogen-bond acceptors (Lipinski definition) is 4. The van der Waals surface area contributed by atoms with Crippen LogP contribution in [0.4, 0.5) is 0 Å². The fourth-order valence-electron chi connectivity index (χ4n) is 1.70. The third-order valence-electron chi connectivity index (χ3n) is 2.78. The van der Waals surface area contributed by atoms with E-state index in [9.17, 15) is 4.79 Å². The second-order valence-electron chi connectivity index (χ2n) is 6.53. The Morgan fingerprint density at radius 2 is 1.45 bits per heavy atom. The fraction of sp³-hybridized carbons (Fsp3) is 0.941. The molecule has 0 rings (SSSR count). The number of amides is 1. The Hall–Kier alpha value is -0.650. The van der Waals surface area contributed by atoms with Crippen molar-refractivity contribution in [2.75, 3.05) is 39.6 Å². The summed E-state index contributed by atoms with van der Waals surface area (Å²) < 4.78 is 16.6. The Bertz CT molecular complexity index is 255. The van der Waals surface area contributed by atoms with Gasteiger partial charge >= 0.3 is 0 Å². The summed E-state index contributed by atoms with van der Waals surface area (Å²) in [6.45, 7) is 13.5. The summed E-state index contributed by atoms with van der Waals surface area (Å²) in [5.74, 6) is 0.845. The van der Waals surface area contributed by atoms with Crippen molar-refractivity contribution in [2.24, 2.45) is 11.8 Å². The molecule has 0 spiro atoms. The third kappa shape index (κ3) is 14.3. The maximum absolute atomic E-state index is 11.9. The Labute approximate surface area is 136 Å². The minimum absolute atomic E-state index is 0.102. The molecule has 22 heavy (non-hydrogen) atoms. The van der Waals surface area contributed by atoms with Crippen molar-refractivity contribution in [3.63, 3.8) is 0 Å². The molecule has 0 aliphatic carbocycles. The van der Waals surface area contributed by atoms with E-state index in [0.717, 1.165) is 12.8 Å². The zero-order chi connectivity index (χ0) is 16.8. The van der Waals surface area contributed by atoms with Crippen molar-refractivity contribution in [3.05, 3.63) is 0 Å². The summed E-state index contributed by atoms with van der Waals surface area (Å²) >= 11 is 0. The highest BCUT2D eigenvalue weighted by atomic mass is 16.5. The molecular formula is C17H35NO4. The Kier molecular flexibility index (Phi) is 13.6. The second kappa shape index (κ2) is 14.0. The van der Waals surface area contributed by atoms with Gasteiger partial charge in [0.25, 0.3) is 0 Å². The van der Waals surface area contributed by atoms with Crippen LogP contribution in [0.5, 0.6) is 0 Å². The van der Waals surface area contributed by atoms with Gasteiger partial charge in [-0.1, -0.05) is 41.0 Å². The summed E-state index contributed by atoms with van der Waals surface area (Å²) in [5.41, 5.74) is 0. The van der Waals surface area contributed by atoms with Crippen molar-refractivity contribution in [3.8, 4) is 0 Å². The number of rotatable bonds is 14. The van der Waals surface area contributed by atoms with Crippen LogP contribution in [-0.2, 0) is 19.0 Å². The van der Waals surface area contributed by atoms with E-state index in [1.54, 1.807) is 0 Å². The van der Waals surface area contributed by atoms with Gasteiger partial charge in [-0.3, -0.25) is 4.79 Å². The van der Waals surface area contributed by atoms with Crippen LogP contribution in [0.1, 0.15) is 47.5 Å². The van der Waals surface area contributed by atoms with E-state index < -0.39 is 0 Å². The molecule has 0 unspecified atom stereocenters. The van der Waals surface area contributed by atoms with Crippen LogP contribution >= 0.6 is 0 Å². The van der Waals surface area contributed by atoms with Crippen LogP contribution < -0.4 is 5.32 Å². The average molecular weight is 317 g/mol. The number of nitrogens with one attached hydrogen (secondary N) is 1. The van der Waals surface area contributed by atoms with Gasteiger partial charge in [-0.2, -0.15) is 0 Å². The summed E-state index contributed by atoms with van der Waals surface area (Å²) in [6.07, 6.45) is 2.04. The van der Waals surface area contributed by atoms with Crippen LogP contribution in [0.2, 0.25) is 0 Å². The molecule has 0 heterocycles. The van der Waals surface area contributed by atoms with E-state index in [1.807, 2.05) is 0 Å². The van der Waals surface area contributed by atoms with Crippen LogP contribution in [0, 0.1) is 11.8 Å². The molecule has 0 atom stereocenters. The molecule has 0 aliphatic heterocycles. The molecule has 5 nitrogen and oxygen atoms in total. The monoisotopic (exact) mass is 317 g/mol. The zero-order valence-corrected chi connectivity index (χ0v) is 15.0. The van der Waals surface area contributed by atoms with Gasteiger partial charge in [0.1, 0.15) is 6.61 Å². The van der Waals surface area contributed by atoms with Gasteiger partial charge in [0.2, 0.25) is 5.91 Å². The van der Waals surface area contributed by atoms with Crippen molar-refractivity contribution < 1.29 is 19.0 Å². The lowest BCUT2D eigenvalue weighted by Gasteiger charge is -2.20. The Balaban J connectivity index is 4.04. The zero-order valence-electron chi connectivity index (χ0n) is 15.0. The SMILES string of the molecule is CCCCOCC(=O)NC(COCC(C)C)COCC(C)C. The average Bonchev–Trinajstić information content (AvgIpc) is 2.42. The quantitative estimate of drug-likeness (QED) is 0.500. The summed E-state index contributed by atoms with van der Waals surface area (Å²) in [4.78, 5) is 11.9. The smallest absolute Gasteiger partial charge is 0.246 e. The molecule has 1 amide bonds. The van der Waals surface area contributed by atoms with Gasteiger partial charge in [0, 0.05) is 19.8 Å². The van der Waals surface area contributed by atoms with E-state index in [0.29, 0.717) is 44.9 Å². The van der Waals surface area contributed by atoms with Crippen LogP contribution in [0.25, 0.3) is 0 Å². The Morgan fingerprint density at radius 1 is 0.909 bits per heavy atom. The molecule has 0 aromatic rings. The number of ether oxygens (including phenoxy) is 3. The van der Waals surface area contributed by atoms with Crippen LogP contribution in [0.3, 0.4) is 0 Å². The van der Waals surface area contributed by atoms with Crippen molar-refractivity contribution in [1.29, 1.82) is 0 Å². The number of hydrogen-bond donors (Lipinski definition) is 1. The van der Waals surface area contributed by atoms with Crippen molar-refractivity contribution >= 4 is 5.91 Å². The maximum atomic E-state index is 11.9. The standard InChI is InChI=1S/C17H35NO4/c1-6-7-8-20-13-17(19)18-16(11-21-9-14(2)3)12-22-10-15(4)5/h14-16H,6-13H2,1-5H3,(H,18,19). The highest BCUT2D eigenvalue weighted by Gasteiger charge is 2.14. The fourth-order valence-corrected chi connectivity index (χ4v) is 1.70. The summed E-state index contributed by atoms with van der Waals surface area (Å²) in [6, 6.07) is -0.125. The first-order valence-corrected chi connectivity index (χ1v) is 8.48. The van der Waals surface area contributed by atoms with E-state index in [-0.39, 0.29) is 18.6 Å². The predicted octanol–water partition coefficient (Wildman–Crippen LogP) is 2.63. The molecule has 0 saturated heterocycles. The van der Waals surface area contributed by atoms with Gasteiger partial charge < -0.3 is 19.5 Å². The number of unbranched alkanes of at least 4 members (excludes halogenated alkanes) is 1. The molecule has 0 aromatic carbocycles. The molecule has 0 fully saturated rings. The van der Waals surface area contributed by atoms with E-state index in [1.165, 1.54) is 0 Å². The minimum Gasteiger partial charge on any atom is -0.379 e. The van der Waals surface area contributed by atoms with Gasteiger partial charge in [0.05, 0.1) is 19.3 Å². The molecular weight excluding hydrogens is 282 g/mol. The molecule has 0 bridgehead atoms. The number of carbonyl (C=O) groups is 1. The highest BCUT2D eigenvalue weighted by Crippen LogP contribution is 1.98. The van der Waals surface area contributed by atoms with E-state index >= 15 is 0 Å². The van der Waals surface area contributed by atoms with Gasteiger partial charge in [-0.15, -0.1) is 0 Å². The summed E-state index contributed by atoms with van der Waals surface area (Å²) in [5, 5.41) is 2.93.